The van der Waals surface area contributed by atoms with E-state index in [1.807, 2.05) is 18.5 Å². The normalized spacial score (nSPS) is 11.7. The van der Waals surface area contributed by atoms with E-state index in [9.17, 15) is 4.39 Å². The first kappa shape index (κ1) is 32.5. The van der Waals surface area contributed by atoms with Crippen LogP contribution in [0, 0.1) is 5.82 Å². The molecule has 0 aliphatic carbocycles. The first-order valence-corrected chi connectivity index (χ1v) is 18.2. The maximum Gasteiger partial charge on any atom is 0.191 e. The molecule has 0 atom stereocenters. The maximum atomic E-state index is 14.0. The lowest BCUT2D eigenvalue weighted by Gasteiger charge is -2.37. The third kappa shape index (κ3) is 6.62. The van der Waals surface area contributed by atoms with Gasteiger partial charge >= 0.3 is 0 Å². The summed E-state index contributed by atoms with van der Waals surface area (Å²) in [6.45, 7) is 0.726. The van der Waals surface area contributed by atoms with Crippen LogP contribution in [-0.2, 0) is 30.7 Å². The molecular weight excluding hydrogens is 652 g/mol. The van der Waals surface area contributed by atoms with E-state index in [-0.39, 0.29) is 5.82 Å². The summed E-state index contributed by atoms with van der Waals surface area (Å²) in [6, 6.07) is 47.1. The van der Waals surface area contributed by atoms with Crippen molar-refractivity contribution in [3.8, 4) is 0 Å². The SMILES string of the molecule is Fc1cccc(CSc2nnc(Cc3c[nH]c4ccccc34)n2CCCc2cn(C(c3ccccc3)(c3ccccc3)c3ccccc3)cn2)c1. The number of aromatic nitrogens is 6. The third-order valence-electron chi connectivity index (χ3n) is 9.49. The molecule has 0 saturated carbocycles. The van der Waals surface area contributed by atoms with Gasteiger partial charge in [0, 0.05) is 42.0 Å². The van der Waals surface area contributed by atoms with Crippen LogP contribution in [-0.4, -0.2) is 29.3 Å². The lowest BCUT2D eigenvalue weighted by atomic mass is 9.77. The van der Waals surface area contributed by atoms with Crippen molar-refractivity contribution in [2.45, 2.75) is 42.3 Å². The van der Waals surface area contributed by atoms with Crippen molar-refractivity contribution in [3.63, 3.8) is 0 Å². The Bertz CT molecular complexity index is 2250. The van der Waals surface area contributed by atoms with Crippen LogP contribution in [0.3, 0.4) is 0 Å². The van der Waals surface area contributed by atoms with Gasteiger partial charge in [0.25, 0.3) is 0 Å². The fourth-order valence-corrected chi connectivity index (χ4v) is 8.01. The van der Waals surface area contributed by atoms with Gasteiger partial charge in [0.05, 0.1) is 12.0 Å². The topological polar surface area (TPSA) is 64.3 Å². The fourth-order valence-electron chi connectivity index (χ4n) is 7.08. The highest BCUT2D eigenvalue weighted by Crippen LogP contribution is 2.41. The number of hydrogen-bond donors (Lipinski definition) is 1. The summed E-state index contributed by atoms with van der Waals surface area (Å²) < 4.78 is 18.5. The Morgan fingerprint density at radius 1 is 0.725 bits per heavy atom. The highest BCUT2D eigenvalue weighted by atomic mass is 32.2. The minimum atomic E-state index is -0.601. The first-order chi connectivity index (χ1) is 25.2. The molecule has 0 fully saturated rings. The number of rotatable bonds is 13. The van der Waals surface area contributed by atoms with Crippen LogP contribution in [0.4, 0.5) is 4.39 Å². The van der Waals surface area contributed by atoms with E-state index in [2.05, 4.69) is 146 Å². The lowest BCUT2D eigenvalue weighted by molar-refractivity contribution is 0.513. The second kappa shape index (κ2) is 14.6. The molecule has 0 radical (unpaired) electrons. The van der Waals surface area contributed by atoms with Gasteiger partial charge in [-0.25, -0.2) is 9.37 Å². The summed E-state index contributed by atoms with van der Waals surface area (Å²) >= 11 is 1.59. The number of thioether (sulfide) groups is 1. The summed E-state index contributed by atoms with van der Waals surface area (Å²) in [7, 11) is 0. The molecule has 51 heavy (non-hydrogen) atoms. The number of aryl methyl sites for hydroxylation is 1. The number of hydrogen-bond acceptors (Lipinski definition) is 4. The Kier molecular flexibility index (Phi) is 9.32. The number of benzene rings is 5. The van der Waals surface area contributed by atoms with Crippen LogP contribution in [0.15, 0.2) is 163 Å². The zero-order valence-corrected chi connectivity index (χ0v) is 28.9. The molecule has 0 aliphatic rings. The number of halogens is 1. The fraction of sp³-hybridized carbons (Fsp3) is 0.140. The van der Waals surface area contributed by atoms with Gasteiger partial charge in [0.1, 0.15) is 17.2 Å². The molecular formula is C43H37FN6S. The van der Waals surface area contributed by atoms with Crippen molar-refractivity contribution < 1.29 is 4.39 Å². The molecule has 3 heterocycles. The van der Waals surface area contributed by atoms with Gasteiger partial charge in [-0.05, 0) is 58.9 Å². The van der Waals surface area contributed by atoms with Crippen LogP contribution >= 0.6 is 11.8 Å². The van der Waals surface area contributed by atoms with Gasteiger partial charge in [-0.2, -0.15) is 0 Å². The minimum absolute atomic E-state index is 0.232. The molecule has 0 bridgehead atoms. The molecule has 3 aromatic heterocycles. The van der Waals surface area contributed by atoms with Crippen molar-refractivity contribution in [3.05, 3.63) is 203 Å². The van der Waals surface area contributed by atoms with Gasteiger partial charge in [0.2, 0.25) is 0 Å². The number of para-hydroxylation sites is 1. The minimum Gasteiger partial charge on any atom is -0.361 e. The van der Waals surface area contributed by atoms with Crippen molar-refractivity contribution in [1.29, 1.82) is 0 Å². The molecule has 8 heteroatoms. The zero-order valence-electron chi connectivity index (χ0n) is 28.1. The van der Waals surface area contributed by atoms with E-state index < -0.39 is 5.54 Å². The van der Waals surface area contributed by atoms with E-state index in [4.69, 9.17) is 4.98 Å². The van der Waals surface area contributed by atoms with E-state index in [1.165, 1.54) is 17.0 Å². The Morgan fingerprint density at radius 3 is 2.08 bits per heavy atom. The van der Waals surface area contributed by atoms with Crippen molar-refractivity contribution in [1.82, 2.24) is 29.3 Å². The summed E-state index contributed by atoms with van der Waals surface area (Å²) in [5, 5.41) is 11.3. The summed E-state index contributed by atoms with van der Waals surface area (Å²) in [4.78, 5) is 8.37. The largest absolute Gasteiger partial charge is 0.361 e. The van der Waals surface area contributed by atoms with Gasteiger partial charge in [-0.3, -0.25) is 0 Å². The first-order valence-electron chi connectivity index (χ1n) is 17.2. The monoisotopic (exact) mass is 688 g/mol. The zero-order chi connectivity index (χ0) is 34.5. The van der Waals surface area contributed by atoms with Gasteiger partial charge < -0.3 is 14.1 Å². The van der Waals surface area contributed by atoms with Crippen LogP contribution in [0.2, 0.25) is 0 Å². The number of fused-ring (bicyclic) bond motifs is 1. The smallest absolute Gasteiger partial charge is 0.191 e. The number of H-pyrrole nitrogens is 1. The summed E-state index contributed by atoms with van der Waals surface area (Å²) in [6.07, 6.45) is 8.52. The van der Waals surface area contributed by atoms with E-state index >= 15 is 0 Å². The molecule has 0 unspecified atom stereocenters. The number of imidazole rings is 1. The van der Waals surface area contributed by atoms with Gasteiger partial charge in [0.15, 0.2) is 5.16 Å². The summed E-state index contributed by atoms with van der Waals surface area (Å²) in [5.74, 6) is 1.28. The van der Waals surface area contributed by atoms with E-state index in [0.717, 1.165) is 63.8 Å². The maximum absolute atomic E-state index is 14.0. The van der Waals surface area contributed by atoms with Crippen molar-refractivity contribution >= 4 is 22.7 Å². The average Bonchev–Trinajstić information content (AvgIpc) is 3.92. The molecule has 1 N–H and O–H groups in total. The van der Waals surface area contributed by atoms with Crippen LogP contribution in [0.25, 0.3) is 10.9 Å². The molecule has 0 spiro atoms. The summed E-state index contributed by atoms with van der Waals surface area (Å²) in [5.41, 5.74) is 7.11. The predicted octanol–water partition coefficient (Wildman–Crippen LogP) is 9.45. The second-order valence-corrected chi connectivity index (χ2v) is 13.6. The highest BCUT2D eigenvalue weighted by molar-refractivity contribution is 7.98. The van der Waals surface area contributed by atoms with Crippen molar-refractivity contribution in [2.75, 3.05) is 0 Å². The molecule has 8 aromatic rings. The molecule has 0 aliphatic heterocycles. The molecule has 6 nitrogen and oxygen atoms in total. The van der Waals surface area contributed by atoms with Crippen LogP contribution in [0.5, 0.6) is 0 Å². The van der Waals surface area contributed by atoms with E-state index in [1.54, 1.807) is 23.9 Å². The van der Waals surface area contributed by atoms with E-state index in [0.29, 0.717) is 12.2 Å². The molecule has 5 aromatic carbocycles. The second-order valence-electron chi connectivity index (χ2n) is 12.7. The van der Waals surface area contributed by atoms with Gasteiger partial charge in [-0.15, -0.1) is 10.2 Å². The van der Waals surface area contributed by atoms with Crippen molar-refractivity contribution in [2.24, 2.45) is 0 Å². The Hall–Kier alpha value is -5.73. The molecule has 8 rings (SSSR count). The number of aromatic amines is 1. The molecule has 0 saturated heterocycles. The Labute approximate surface area is 301 Å². The molecule has 0 amide bonds. The Balaban J connectivity index is 1.09. The standard InChI is InChI=1S/C43H37FN6S/c44-37-21-12-14-32(26-37)30-51-42-48-47-41(27-33-28-45-40-24-11-10-23-39(33)40)50(42)25-13-22-38-29-49(31-46-38)43(34-15-4-1-5-16-34,35-17-6-2-7-18-35)36-19-8-3-9-20-36/h1-12,14-21,23-24,26,28-29,31,45H,13,22,25,27,30H2. The highest BCUT2D eigenvalue weighted by Gasteiger charge is 2.38. The number of nitrogens with one attached hydrogen (secondary N) is 1. The average molecular weight is 689 g/mol. The van der Waals surface area contributed by atoms with Gasteiger partial charge in [-0.1, -0.05) is 133 Å². The van der Waals surface area contributed by atoms with Crippen LogP contribution < -0.4 is 0 Å². The van der Waals surface area contributed by atoms with Crippen LogP contribution in [0.1, 0.15) is 45.8 Å². The Morgan fingerprint density at radius 2 is 1.39 bits per heavy atom. The predicted molar refractivity (Wildman–Crippen MR) is 202 cm³/mol. The third-order valence-corrected chi connectivity index (χ3v) is 10.5. The lowest BCUT2D eigenvalue weighted by Crippen LogP contribution is -2.36. The number of nitrogens with zero attached hydrogens (tertiary/aromatic N) is 5. The molecule has 252 valence electrons. The quantitative estimate of drug-likeness (QED) is 0.0969.